The van der Waals surface area contributed by atoms with Gasteiger partial charge in [-0.15, -0.1) is 10.1 Å². The zero-order valence-corrected chi connectivity index (χ0v) is 5.80. The Bertz CT molecular complexity index is 311. The Kier molecular flexibility index (Phi) is 2.00. The van der Waals surface area contributed by atoms with Gasteiger partial charge >= 0.3 is 0 Å². The van der Waals surface area contributed by atoms with Gasteiger partial charge in [0.15, 0.2) is 11.5 Å². The molecule has 0 amide bonds. The molecule has 0 fully saturated rings. The second-order valence-corrected chi connectivity index (χ2v) is 1.97. The lowest BCUT2D eigenvalue weighted by Gasteiger charge is -1.99. The van der Waals surface area contributed by atoms with Crippen molar-refractivity contribution in [3.63, 3.8) is 0 Å². The fraction of sp³-hybridized carbons (Fsp3) is 0. The van der Waals surface area contributed by atoms with Crippen LogP contribution < -0.4 is 4.84 Å². The van der Waals surface area contributed by atoms with Crippen molar-refractivity contribution in [2.24, 2.45) is 0 Å². The molecule has 0 aliphatic heterocycles. The Morgan fingerprint density at radius 1 is 1.33 bits per heavy atom. The molecule has 1 aromatic rings. The summed E-state index contributed by atoms with van der Waals surface area (Å²) in [7, 11) is 0. The third-order valence-electron chi connectivity index (χ3n) is 1.13. The molecule has 0 bridgehead atoms. The fourth-order valence-corrected chi connectivity index (χ4v) is 0.646. The van der Waals surface area contributed by atoms with Gasteiger partial charge in [0.25, 0.3) is 5.09 Å². The van der Waals surface area contributed by atoms with Crippen molar-refractivity contribution < 1.29 is 20.1 Å². The van der Waals surface area contributed by atoms with Gasteiger partial charge in [-0.2, -0.15) is 0 Å². The van der Waals surface area contributed by atoms with E-state index in [0.29, 0.717) is 0 Å². The molecule has 1 aromatic carbocycles. The smallest absolute Gasteiger partial charge is 0.299 e. The Morgan fingerprint density at radius 3 is 2.50 bits per heavy atom. The summed E-state index contributed by atoms with van der Waals surface area (Å²) in [5, 5.41) is 26.5. The summed E-state index contributed by atoms with van der Waals surface area (Å²) in [5.41, 5.74) is 0. The van der Waals surface area contributed by atoms with E-state index in [4.69, 9.17) is 10.2 Å². The van der Waals surface area contributed by atoms with Crippen molar-refractivity contribution in [2.75, 3.05) is 0 Å². The summed E-state index contributed by atoms with van der Waals surface area (Å²) < 4.78 is 0. The number of hydrogen-bond donors (Lipinski definition) is 2. The van der Waals surface area contributed by atoms with E-state index in [1.54, 1.807) is 0 Å². The summed E-state index contributed by atoms with van der Waals surface area (Å²) >= 11 is 0. The van der Waals surface area contributed by atoms with Crippen LogP contribution in [0.3, 0.4) is 0 Å². The van der Waals surface area contributed by atoms with Gasteiger partial charge in [0.2, 0.25) is 0 Å². The standard InChI is InChI=1S/C6H5NO5/c8-5-2-1-4(3-6(5)9)12-7(10)11/h1-3,8-9H. The first-order valence-corrected chi connectivity index (χ1v) is 2.94. The van der Waals surface area contributed by atoms with E-state index < -0.39 is 10.8 Å². The molecule has 64 valence electrons. The van der Waals surface area contributed by atoms with E-state index in [-0.39, 0.29) is 11.5 Å². The summed E-state index contributed by atoms with van der Waals surface area (Å²) in [4.78, 5) is 13.8. The lowest BCUT2D eigenvalue weighted by Crippen LogP contribution is -2.02. The molecule has 0 saturated carbocycles. The first kappa shape index (κ1) is 8.12. The SMILES string of the molecule is O=[N+]([O-])Oc1ccc(O)c(O)c1. The second kappa shape index (κ2) is 2.95. The van der Waals surface area contributed by atoms with Crippen molar-refractivity contribution in [1.82, 2.24) is 0 Å². The van der Waals surface area contributed by atoms with Crippen LogP contribution in [0.25, 0.3) is 0 Å². The normalized spacial score (nSPS) is 9.33. The first-order chi connectivity index (χ1) is 5.59. The topological polar surface area (TPSA) is 92.8 Å². The highest BCUT2D eigenvalue weighted by Gasteiger charge is 2.03. The summed E-state index contributed by atoms with van der Waals surface area (Å²) in [6.07, 6.45) is 0. The van der Waals surface area contributed by atoms with Gasteiger partial charge in [-0.3, -0.25) is 4.84 Å². The predicted octanol–water partition coefficient (Wildman–Crippen LogP) is 0.668. The van der Waals surface area contributed by atoms with Crippen LogP contribution in [0.2, 0.25) is 0 Å². The minimum atomic E-state index is -1.01. The van der Waals surface area contributed by atoms with E-state index in [0.717, 1.165) is 18.2 Å². The number of hydrogen-bond acceptors (Lipinski definition) is 5. The van der Waals surface area contributed by atoms with E-state index in [1.165, 1.54) is 0 Å². The molecule has 0 unspecified atom stereocenters. The van der Waals surface area contributed by atoms with Crippen molar-refractivity contribution in [2.45, 2.75) is 0 Å². The summed E-state index contributed by atoms with van der Waals surface area (Å²) in [6, 6.07) is 3.20. The third-order valence-corrected chi connectivity index (χ3v) is 1.13. The molecule has 0 aromatic heterocycles. The molecule has 0 heterocycles. The molecule has 12 heavy (non-hydrogen) atoms. The summed E-state index contributed by atoms with van der Waals surface area (Å²) in [6.45, 7) is 0. The van der Waals surface area contributed by atoms with E-state index >= 15 is 0 Å². The molecule has 2 N–H and O–H groups in total. The van der Waals surface area contributed by atoms with Gasteiger partial charge < -0.3 is 10.2 Å². The zero-order valence-electron chi connectivity index (χ0n) is 5.80. The number of benzene rings is 1. The number of phenolic OH excluding ortho intramolecular Hbond substituents is 2. The van der Waals surface area contributed by atoms with Gasteiger partial charge in [-0.1, -0.05) is 0 Å². The molecule has 0 spiro atoms. The minimum absolute atomic E-state index is 0.143. The monoisotopic (exact) mass is 171 g/mol. The Labute approximate surface area is 66.7 Å². The van der Waals surface area contributed by atoms with Crippen LogP contribution in [-0.2, 0) is 0 Å². The van der Waals surface area contributed by atoms with Crippen LogP contribution >= 0.6 is 0 Å². The predicted molar refractivity (Wildman–Crippen MR) is 37.4 cm³/mol. The third kappa shape index (κ3) is 1.75. The quantitative estimate of drug-likeness (QED) is 0.387. The van der Waals surface area contributed by atoms with Crippen molar-refractivity contribution >= 4 is 0 Å². The van der Waals surface area contributed by atoms with Gasteiger partial charge in [0.1, 0.15) is 5.75 Å². The van der Waals surface area contributed by atoms with Gasteiger partial charge in [0.05, 0.1) is 0 Å². The van der Waals surface area contributed by atoms with Crippen molar-refractivity contribution in [3.8, 4) is 17.2 Å². The van der Waals surface area contributed by atoms with Crippen molar-refractivity contribution in [1.29, 1.82) is 0 Å². The highest BCUT2D eigenvalue weighted by molar-refractivity contribution is 5.42. The van der Waals surface area contributed by atoms with E-state index in [2.05, 4.69) is 4.84 Å². The average Bonchev–Trinajstić information content (AvgIpc) is 1.96. The number of rotatable bonds is 2. The molecule has 0 radical (unpaired) electrons. The maximum Gasteiger partial charge on any atom is 0.299 e. The molecule has 0 aliphatic carbocycles. The lowest BCUT2D eigenvalue weighted by atomic mass is 10.3. The fourth-order valence-electron chi connectivity index (χ4n) is 0.646. The molecular weight excluding hydrogens is 166 g/mol. The molecule has 6 nitrogen and oxygen atoms in total. The van der Waals surface area contributed by atoms with Crippen LogP contribution in [0.1, 0.15) is 0 Å². The van der Waals surface area contributed by atoms with Gasteiger partial charge in [0, 0.05) is 6.07 Å². The van der Waals surface area contributed by atoms with Gasteiger partial charge in [-0.25, -0.2) is 0 Å². The molecule has 1 rings (SSSR count). The Morgan fingerprint density at radius 2 is 2.00 bits per heavy atom. The highest BCUT2D eigenvalue weighted by atomic mass is 17.0. The van der Waals surface area contributed by atoms with E-state index in [9.17, 15) is 10.1 Å². The largest absolute Gasteiger partial charge is 0.504 e. The lowest BCUT2D eigenvalue weighted by molar-refractivity contribution is -0.711. The molecule has 0 atom stereocenters. The van der Waals surface area contributed by atoms with Crippen LogP contribution in [0.5, 0.6) is 17.2 Å². The maximum atomic E-state index is 9.80. The molecule has 0 saturated heterocycles. The van der Waals surface area contributed by atoms with Crippen LogP contribution in [0, 0.1) is 10.1 Å². The Balaban J connectivity index is 2.89. The molecular formula is C6H5NO5. The number of aromatic hydroxyl groups is 2. The average molecular weight is 171 g/mol. The second-order valence-electron chi connectivity index (χ2n) is 1.97. The first-order valence-electron chi connectivity index (χ1n) is 2.94. The maximum absolute atomic E-state index is 9.80. The number of nitrogens with zero attached hydrogens (tertiary/aromatic N) is 1. The highest BCUT2D eigenvalue weighted by Crippen LogP contribution is 2.28. The molecule has 6 heteroatoms. The zero-order chi connectivity index (χ0) is 9.14. The summed E-state index contributed by atoms with van der Waals surface area (Å²) in [5.74, 6) is -0.963. The van der Waals surface area contributed by atoms with Crippen LogP contribution in [0.15, 0.2) is 18.2 Å². The van der Waals surface area contributed by atoms with E-state index in [1.807, 2.05) is 0 Å². The number of phenols is 2. The molecule has 0 aliphatic rings. The van der Waals surface area contributed by atoms with Crippen molar-refractivity contribution in [3.05, 3.63) is 28.3 Å². The Hall–Kier alpha value is -1.98. The van der Waals surface area contributed by atoms with Crippen LogP contribution in [-0.4, -0.2) is 15.3 Å². The minimum Gasteiger partial charge on any atom is -0.504 e. The van der Waals surface area contributed by atoms with Crippen LogP contribution in [0.4, 0.5) is 0 Å². The van der Waals surface area contributed by atoms with Gasteiger partial charge in [-0.05, 0) is 12.1 Å².